The molecular formula is C13H17N3O4S. The Labute approximate surface area is 123 Å². The first-order chi connectivity index (χ1) is 9.68. The van der Waals surface area contributed by atoms with Crippen molar-refractivity contribution in [2.24, 2.45) is 11.1 Å². The van der Waals surface area contributed by atoms with Gasteiger partial charge in [0.05, 0.1) is 10.8 Å². The number of carbonyl (C=O) groups excluding carboxylic acids is 2. The lowest BCUT2D eigenvalue weighted by atomic mass is 10.1. The molecule has 7 nitrogen and oxygen atoms in total. The van der Waals surface area contributed by atoms with Crippen LogP contribution in [0.4, 0.5) is 5.69 Å². The number of benzene rings is 1. The second-order valence-corrected chi connectivity index (χ2v) is 6.71. The van der Waals surface area contributed by atoms with Crippen LogP contribution in [0.15, 0.2) is 17.0 Å². The highest BCUT2D eigenvalue weighted by Gasteiger charge is 2.28. The molecule has 2 amide bonds. The molecule has 0 aromatic heterocycles. The number of sulfonamides is 1. The van der Waals surface area contributed by atoms with Gasteiger partial charge in [0.2, 0.25) is 21.8 Å². The number of hydrogen-bond donors (Lipinski definition) is 3. The molecule has 0 spiro atoms. The standard InChI is InChI=1S/C13H17N3O4S/c1-7-3-10(21(14,19)20)5-11(8(7)2)16-13(18)9-4-12(17)15-6-9/h3,5,9H,4,6H2,1-2H3,(H,15,17)(H,16,18)(H2,14,19,20). The predicted octanol–water partition coefficient (Wildman–Crippen LogP) is 0.0254. The molecule has 0 radical (unpaired) electrons. The minimum atomic E-state index is -3.85. The molecule has 21 heavy (non-hydrogen) atoms. The lowest BCUT2D eigenvalue weighted by molar-refractivity contribution is -0.123. The molecule has 0 saturated carbocycles. The molecule has 1 fully saturated rings. The smallest absolute Gasteiger partial charge is 0.238 e. The molecule has 114 valence electrons. The van der Waals surface area contributed by atoms with E-state index in [-0.39, 0.29) is 29.7 Å². The minimum Gasteiger partial charge on any atom is -0.355 e. The molecule has 1 unspecified atom stereocenters. The maximum atomic E-state index is 12.1. The van der Waals surface area contributed by atoms with Crippen molar-refractivity contribution in [2.45, 2.75) is 25.2 Å². The fraction of sp³-hybridized carbons (Fsp3) is 0.385. The lowest BCUT2D eigenvalue weighted by Crippen LogP contribution is -2.25. The van der Waals surface area contributed by atoms with Gasteiger partial charge < -0.3 is 10.6 Å². The van der Waals surface area contributed by atoms with E-state index in [1.165, 1.54) is 12.1 Å². The van der Waals surface area contributed by atoms with Gasteiger partial charge >= 0.3 is 0 Å². The molecule has 1 heterocycles. The Hall–Kier alpha value is -1.93. The molecular weight excluding hydrogens is 294 g/mol. The van der Waals surface area contributed by atoms with Crippen molar-refractivity contribution in [3.63, 3.8) is 0 Å². The van der Waals surface area contributed by atoms with Crippen molar-refractivity contribution in [1.82, 2.24) is 5.32 Å². The molecule has 1 aromatic rings. The number of rotatable bonds is 3. The summed E-state index contributed by atoms with van der Waals surface area (Å²) in [5.74, 6) is -0.931. The van der Waals surface area contributed by atoms with Crippen molar-refractivity contribution in [3.8, 4) is 0 Å². The van der Waals surface area contributed by atoms with E-state index in [9.17, 15) is 18.0 Å². The Morgan fingerprint density at radius 2 is 2.05 bits per heavy atom. The number of aryl methyl sites for hydroxylation is 1. The van der Waals surface area contributed by atoms with E-state index in [1.54, 1.807) is 13.8 Å². The van der Waals surface area contributed by atoms with Crippen LogP contribution in [-0.2, 0) is 19.6 Å². The summed E-state index contributed by atoms with van der Waals surface area (Å²) in [5.41, 5.74) is 1.86. The molecule has 1 saturated heterocycles. The van der Waals surface area contributed by atoms with Crippen LogP contribution >= 0.6 is 0 Å². The quantitative estimate of drug-likeness (QED) is 0.729. The summed E-state index contributed by atoms with van der Waals surface area (Å²) in [6, 6.07) is 2.79. The highest BCUT2D eigenvalue weighted by Crippen LogP contribution is 2.24. The summed E-state index contributed by atoms with van der Waals surface area (Å²) in [6.45, 7) is 3.80. The van der Waals surface area contributed by atoms with E-state index in [0.717, 1.165) is 5.56 Å². The second-order valence-electron chi connectivity index (χ2n) is 5.15. The normalized spacial score (nSPS) is 18.4. The Kier molecular flexibility index (Phi) is 4.02. The van der Waals surface area contributed by atoms with Crippen molar-refractivity contribution in [2.75, 3.05) is 11.9 Å². The van der Waals surface area contributed by atoms with E-state index in [2.05, 4.69) is 10.6 Å². The highest BCUT2D eigenvalue weighted by molar-refractivity contribution is 7.89. The predicted molar refractivity (Wildman–Crippen MR) is 77.0 cm³/mol. The fourth-order valence-electron chi connectivity index (χ4n) is 2.15. The Morgan fingerprint density at radius 3 is 2.57 bits per heavy atom. The van der Waals surface area contributed by atoms with Gasteiger partial charge in [0.15, 0.2) is 0 Å². The van der Waals surface area contributed by atoms with Gasteiger partial charge in [0, 0.05) is 18.7 Å². The van der Waals surface area contributed by atoms with Crippen molar-refractivity contribution in [1.29, 1.82) is 0 Å². The number of carbonyl (C=O) groups is 2. The van der Waals surface area contributed by atoms with Gasteiger partial charge in [-0.1, -0.05) is 0 Å². The van der Waals surface area contributed by atoms with Crippen LogP contribution in [0.5, 0.6) is 0 Å². The first-order valence-electron chi connectivity index (χ1n) is 6.40. The molecule has 1 aromatic carbocycles. The number of hydrogen-bond acceptors (Lipinski definition) is 4. The van der Waals surface area contributed by atoms with Crippen molar-refractivity contribution in [3.05, 3.63) is 23.3 Å². The SMILES string of the molecule is Cc1cc(S(N)(=O)=O)cc(NC(=O)C2CNC(=O)C2)c1C. The minimum absolute atomic E-state index is 0.0541. The molecule has 0 bridgehead atoms. The molecule has 4 N–H and O–H groups in total. The monoisotopic (exact) mass is 311 g/mol. The largest absolute Gasteiger partial charge is 0.355 e. The summed E-state index contributed by atoms with van der Waals surface area (Å²) in [5, 5.41) is 10.4. The summed E-state index contributed by atoms with van der Waals surface area (Å²) in [6.07, 6.45) is 0.138. The zero-order valence-electron chi connectivity index (χ0n) is 11.8. The second kappa shape index (κ2) is 5.45. The summed E-state index contributed by atoms with van der Waals surface area (Å²) < 4.78 is 22.9. The number of anilines is 1. The highest BCUT2D eigenvalue weighted by atomic mass is 32.2. The van der Waals surface area contributed by atoms with Gasteiger partial charge in [-0.2, -0.15) is 0 Å². The van der Waals surface area contributed by atoms with Gasteiger partial charge in [0.25, 0.3) is 0 Å². The third-order valence-electron chi connectivity index (χ3n) is 3.58. The Morgan fingerprint density at radius 1 is 1.38 bits per heavy atom. The zero-order chi connectivity index (χ0) is 15.8. The summed E-state index contributed by atoms with van der Waals surface area (Å²) in [4.78, 5) is 23.2. The first kappa shape index (κ1) is 15.5. The van der Waals surface area contributed by atoms with Gasteiger partial charge in [-0.25, -0.2) is 13.6 Å². The van der Waals surface area contributed by atoms with Gasteiger partial charge in [-0.15, -0.1) is 0 Å². The first-order valence-corrected chi connectivity index (χ1v) is 7.94. The molecule has 1 aliphatic heterocycles. The van der Waals surface area contributed by atoms with Crippen LogP contribution in [0.25, 0.3) is 0 Å². The van der Waals surface area contributed by atoms with Gasteiger partial charge in [-0.3, -0.25) is 9.59 Å². The maximum Gasteiger partial charge on any atom is 0.238 e. The lowest BCUT2D eigenvalue weighted by Gasteiger charge is -2.14. The van der Waals surface area contributed by atoms with Crippen LogP contribution < -0.4 is 15.8 Å². The van der Waals surface area contributed by atoms with Crippen molar-refractivity contribution < 1.29 is 18.0 Å². The summed E-state index contributed by atoms with van der Waals surface area (Å²) >= 11 is 0. The number of primary sulfonamides is 1. The summed E-state index contributed by atoms with van der Waals surface area (Å²) in [7, 11) is -3.85. The van der Waals surface area contributed by atoms with Crippen LogP contribution in [0.1, 0.15) is 17.5 Å². The van der Waals surface area contributed by atoms with E-state index >= 15 is 0 Å². The van der Waals surface area contributed by atoms with Crippen molar-refractivity contribution >= 4 is 27.5 Å². The Bertz CT molecular complexity index is 712. The van der Waals surface area contributed by atoms with Crippen LogP contribution in [0.3, 0.4) is 0 Å². The van der Waals surface area contributed by atoms with E-state index < -0.39 is 15.9 Å². The molecule has 1 atom stereocenters. The van der Waals surface area contributed by atoms with Crippen LogP contribution in [-0.4, -0.2) is 26.8 Å². The van der Waals surface area contributed by atoms with E-state index in [0.29, 0.717) is 11.3 Å². The number of nitrogens with one attached hydrogen (secondary N) is 2. The fourth-order valence-corrected chi connectivity index (χ4v) is 2.77. The molecule has 2 rings (SSSR count). The topological polar surface area (TPSA) is 118 Å². The number of nitrogens with two attached hydrogens (primary N) is 1. The Balaban J connectivity index is 2.29. The average Bonchev–Trinajstić information content (AvgIpc) is 2.80. The van der Waals surface area contributed by atoms with Gasteiger partial charge in [-0.05, 0) is 37.1 Å². The molecule has 8 heteroatoms. The zero-order valence-corrected chi connectivity index (χ0v) is 12.6. The molecule has 0 aliphatic carbocycles. The van der Waals surface area contributed by atoms with E-state index in [1.807, 2.05) is 0 Å². The third kappa shape index (κ3) is 3.40. The van der Waals surface area contributed by atoms with Gasteiger partial charge in [0.1, 0.15) is 0 Å². The van der Waals surface area contributed by atoms with E-state index in [4.69, 9.17) is 5.14 Å². The van der Waals surface area contributed by atoms with Crippen LogP contribution in [0, 0.1) is 19.8 Å². The number of amides is 2. The average molecular weight is 311 g/mol. The van der Waals surface area contributed by atoms with Crippen LogP contribution in [0.2, 0.25) is 0 Å². The third-order valence-corrected chi connectivity index (χ3v) is 4.47. The maximum absolute atomic E-state index is 12.1. The molecule has 1 aliphatic rings.